The van der Waals surface area contributed by atoms with Crippen LogP contribution in [-0.2, 0) is 6.42 Å². The molecule has 2 heterocycles. The van der Waals surface area contributed by atoms with Gasteiger partial charge in [0.15, 0.2) is 5.78 Å². The van der Waals surface area contributed by atoms with Gasteiger partial charge in [-0.2, -0.15) is 0 Å². The lowest BCUT2D eigenvalue weighted by Crippen LogP contribution is -2.48. The van der Waals surface area contributed by atoms with Crippen LogP contribution in [0.1, 0.15) is 51.1 Å². The molecule has 1 unspecified atom stereocenters. The van der Waals surface area contributed by atoms with Crippen LogP contribution in [0.25, 0.3) is 0 Å². The van der Waals surface area contributed by atoms with Crippen molar-refractivity contribution >= 4 is 11.7 Å². The van der Waals surface area contributed by atoms with Gasteiger partial charge in [0.05, 0.1) is 17.3 Å². The second-order valence-electron chi connectivity index (χ2n) is 9.86. The number of piperazine rings is 1. The Kier molecular flexibility index (Phi) is 6.41. The monoisotopic (exact) mass is 490 g/mol. The highest BCUT2D eigenvalue weighted by molar-refractivity contribution is 5.98. The summed E-state index contributed by atoms with van der Waals surface area (Å²) in [6.07, 6.45) is 2.69. The van der Waals surface area contributed by atoms with Gasteiger partial charge in [0.25, 0.3) is 0 Å². The Hall–Kier alpha value is -4.03. The average Bonchev–Trinajstić information content (AvgIpc) is 2.95. The van der Waals surface area contributed by atoms with Crippen LogP contribution in [0.15, 0.2) is 91.1 Å². The fraction of sp³-hybridized carbons (Fsp3) is 0.258. The van der Waals surface area contributed by atoms with Crippen molar-refractivity contribution in [1.29, 1.82) is 0 Å². The molecule has 2 aliphatic rings. The van der Waals surface area contributed by atoms with E-state index in [9.17, 15) is 9.90 Å². The van der Waals surface area contributed by atoms with Gasteiger partial charge in [-0.25, -0.2) is 9.97 Å². The van der Waals surface area contributed by atoms with Crippen LogP contribution >= 0.6 is 0 Å². The molecule has 3 aromatic carbocycles. The van der Waals surface area contributed by atoms with Crippen LogP contribution in [0, 0.1) is 0 Å². The van der Waals surface area contributed by atoms with E-state index in [1.54, 1.807) is 18.3 Å². The summed E-state index contributed by atoms with van der Waals surface area (Å²) in [5, 5.41) is 10.3. The van der Waals surface area contributed by atoms with Gasteiger partial charge < -0.3 is 10.0 Å². The molecule has 6 heteroatoms. The normalized spacial score (nSPS) is 18.1. The first-order valence-corrected chi connectivity index (χ1v) is 12.9. The first-order chi connectivity index (χ1) is 18.2. The zero-order valence-corrected chi connectivity index (χ0v) is 20.7. The predicted octanol–water partition coefficient (Wildman–Crippen LogP) is 5.01. The summed E-state index contributed by atoms with van der Waals surface area (Å²) in [6.45, 7) is 3.39. The summed E-state index contributed by atoms with van der Waals surface area (Å²) in [4.78, 5) is 27.1. The molecule has 0 bridgehead atoms. The molecule has 1 aliphatic heterocycles. The van der Waals surface area contributed by atoms with Gasteiger partial charge in [0, 0.05) is 44.7 Å². The summed E-state index contributed by atoms with van der Waals surface area (Å²) in [6, 6.07) is 28.8. The zero-order chi connectivity index (χ0) is 25.2. The Morgan fingerprint density at radius 2 is 1.41 bits per heavy atom. The van der Waals surface area contributed by atoms with Gasteiger partial charge in [-0.15, -0.1) is 0 Å². The number of rotatable bonds is 5. The number of nitrogens with zero attached hydrogens (tertiary/aromatic N) is 4. The first-order valence-electron chi connectivity index (χ1n) is 12.9. The highest BCUT2D eigenvalue weighted by atomic mass is 16.3. The van der Waals surface area contributed by atoms with Crippen molar-refractivity contribution in [1.82, 2.24) is 14.9 Å². The molecule has 1 fully saturated rings. The molecule has 186 valence electrons. The number of carbonyl (C=O) groups excluding carboxylic acids is 1. The fourth-order valence-corrected chi connectivity index (χ4v) is 5.70. The predicted molar refractivity (Wildman–Crippen MR) is 144 cm³/mol. The van der Waals surface area contributed by atoms with E-state index in [2.05, 4.69) is 75.4 Å². The van der Waals surface area contributed by atoms with E-state index < -0.39 is 0 Å². The zero-order valence-electron chi connectivity index (χ0n) is 20.7. The number of hydrogen-bond donors (Lipinski definition) is 1. The largest absolute Gasteiger partial charge is 0.508 e. The molecule has 0 spiro atoms. The molecule has 1 aromatic heterocycles. The number of aromatic nitrogens is 2. The third-order valence-electron chi connectivity index (χ3n) is 7.60. The van der Waals surface area contributed by atoms with Gasteiger partial charge >= 0.3 is 0 Å². The molecule has 0 saturated carbocycles. The third-order valence-corrected chi connectivity index (χ3v) is 7.60. The highest BCUT2D eigenvalue weighted by Crippen LogP contribution is 2.36. The second kappa shape index (κ2) is 10.1. The average molecular weight is 491 g/mol. The molecule has 37 heavy (non-hydrogen) atoms. The maximum Gasteiger partial charge on any atom is 0.225 e. The summed E-state index contributed by atoms with van der Waals surface area (Å²) in [5.74, 6) is 0.887. The number of Topliss-reactive ketones (excluding diaryl/α,β-unsaturated/α-hetero) is 1. The van der Waals surface area contributed by atoms with Crippen LogP contribution in [0.3, 0.4) is 0 Å². The van der Waals surface area contributed by atoms with Crippen molar-refractivity contribution in [3.63, 3.8) is 0 Å². The van der Waals surface area contributed by atoms with E-state index in [1.807, 2.05) is 12.1 Å². The standard InChI is InChI=1S/C31H30N4O2/c36-28-14-8-7-13-25(28)24-19-27-26(29(37)20-24)21-32-31(33-27)35-17-15-34(16-18-35)30(22-9-3-1-4-10-22)23-11-5-2-6-12-23/h1-14,21,24,30,36H,15-20H2. The Labute approximate surface area is 217 Å². The quantitative estimate of drug-likeness (QED) is 0.424. The van der Waals surface area contributed by atoms with E-state index >= 15 is 0 Å². The van der Waals surface area contributed by atoms with Crippen molar-refractivity contribution < 1.29 is 9.90 Å². The molecule has 0 amide bonds. The smallest absolute Gasteiger partial charge is 0.225 e. The van der Waals surface area contributed by atoms with Crippen LogP contribution in [0.4, 0.5) is 5.95 Å². The number of hydrogen-bond acceptors (Lipinski definition) is 6. The van der Waals surface area contributed by atoms with Gasteiger partial charge in [-0.1, -0.05) is 78.9 Å². The highest BCUT2D eigenvalue weighted by Gasteiger charge is 2.31. The number of para-hydroxylation sites is 1. The Balaban J connectivity index is 1.21. The molecule has 6 rings (SSSR count). The minimum absolute atomic E-state index is 0.0411. The Morgan fingerprint density at radius 3 is 2.05 bits per heavy atom. The summed E-state index contributed by atoms with van der Waals surface area (Å²) in [5.41, 5.74) is 4.79. The molecule has 0 radical (unpaired) electrons. The van der Waals surface area contributed by atoms with Crippen LogP contribution < -0.4 is 4.90 Å². The van der Waals surface area contributed by atoms with Crippen LogP contribution in [0.5, 0.6) is 5.75 Å². The van der Waals surface area contributed by atoms with Crippen molar-refractivity contribution in [3.05, 3.63) is 119 Å². The first kappa shape index (κ1) is 23.4. The van der Waals surface area contributed by atoms with Crippen molar-refractivity contribution in [2.75, 3.05) is 31.1 Å². The number of benzene rings is 3. The molecule has 1 saturated heterocycles. The van der Waals surface area contributed by atoms with Gasteiger partial charge in [-0.05, 0) is 29.2 Å². The van der Waals surface area contributed by atoms with Crippen molar-refractivity contribution in [2.24, 2.45) is 0 Å². The maximum atomic E-state index is 12.9. The van der Waals surface area contributed by atoms with Crippen LogP contribution in [0.2, 0.25) is 0 Å². The summed E-state index contributed by atoms with van der Waals surface area (Å²) < 4.78 is 0. The lowest BCUT2D eigenvalue weighted by Gasteiger charge is -2.40. The van der Waals surface area contributed by atoms with Crippen molar-refractivity contribution in [3.8, 4) is 5.75 Å². The van der Waals surface area contributed by atoms with Gasteiger partial charge in [-0.3, -0.25) is 9.69 Å². The fourth-order valence-electron chi connectivity index (χ4n) is 5.70. The summed E-state index contributed by atoms with van der Waals surface area (Å²) >= 11 is 0. The van der Waals surface area contributed by atoms with E-state index in [0.29, 0.717) is 24.4 Å². The third kappa shape index (κ3) is 4.72. The topological polar surface area (TPSA) is 69.6 Å². The number of ketones is 1. The Morgan fingerprint density at radius 1 is 0.784 bits per heavy atom. The van der Waals surface area contributed by atoms with E-state index in [-0.39, 0.29) is 23.5 Å². The molecule has 6 nitrogen and oxygen atoms in total. The van der Waals surface area contributed by atoms with E-state index in [0.717, 1.165) is 37.4 Å². The van der Waals surface area contributed by atoms with E-state index in [1.165, 1.54) is 11.1 Å². The van der Waals surface area contributed by atoms with Gasteiger partial charge in [0.2, 0.25) is 5.95 Å². The summed E-state index contributed by atoms with van der Waals surface area (Å²) in [7, 11) is 0. The minimum Gasteiger partial charge on any atom is -0.508 e. The molecule has 4 aromatic rings. The lowest BCUT2D eigenvalue weighted by molar-refractivity contribution is 0.0962. The molecule has 1 aliphatic carbocycles. The van der Waals surface area contributed by atoms with Crippen LogP contribution in [-0.4, -0.2) is 51.9 Å². The Bertz CT molecular complexity index is 1350. The van der Waals surface area contributed by atoms with Crippen molar-refractivity contribution in [2.45, 2.75) is 24.8 Å². The number of carbonyl (C=O) groups is 1. The SMILES string of the molecule is O=C1CC(c2ccccc2O)Cc2nc(N3CCN(C(c4ccccc4)c4ccccc4)CC3)ncc21. The maximum absolute atomic E-state index is 12.9. The minimum atomic E-state index is -0.0710. The lowest BCUT2D eigenvalue weighted by atomic mass is 9.82. The number of anilines is 1. The molecule has 1 N–H and O–H groups in total. The number of fused-ring (bicyclic) bond motifs is 1. The molecular formula is C31H30N4O2. The number of phenolic OH excluding ortho intramolecular Hbond substituents is 1. The second-order valence-corrected chi connectivity index (χ2v) is 9.86. The number of phenols is 1. The molecular weight excluding hydrogens is 460 g/mol. The molecule has 1 atom stereocenters. The van der Waals surface area contributed by atoms with E-state index in [4.69, 9.17) is 4.98 Å². The number of aromatic hydroxyl groups is 1. The van der Waals surface area contributed by atoms with Gasteiger partial charge in [0.1, 0.15) is 5.75 Å².